The molecule has 0 N–H and O–H groups in total. The predicted molar refractivity (Wildman–Crippen MR) is 118 cm³/mol. The van der Waals surface area contributed by atoms with E-state index in [4.69, 9.17) is 4.42 Å². The second-order valence-corrected chi connectivity index (χ2v) is 11.3. The number of hydrogen-bond acceptors (Lipinski definition) is 5. The van der Waals surface area contributed by atoms with E-state index in [1.807, 2.05) is 50.2 Å². The number of nitrogens with zero attached hydrogens (tertiary/aromatic N) is 2. The molecule has 6 nitrogen and oxygen atoms in total. The van der Waals surface area contributed by atoms with Crippen molar-refractivity contribution in [2.24, 2.45) is 5.92 Å². The number of carbonyl (C=O) groups is 1. The van der Waals surface area contributed by atoms with Crippen molar-refractivity contribution >= 4 is 38.2 Å². The zero-order chi connectivity index (χ0) is 21.5. The summed E-state index contributed by atoms with van der Waals surface area (Å²) in [6.07, 6.45) is 1.36. The Kier molecular flexibility index (Phi) is 5.74. The molecule has 0 spiro atoms. The van der Waals surface area contributed by atoms with E-state index in [1.54, 1.807) is 18.0 Å². The Labute approximate surface area is 181 Å². The zero-order valence-electron chi connectivity index (χ0n) is 17.4. The van der Waals surface area contributed by atoms with Crippen molar-refractivity contribution in [3.05, 3.63) is 53.1 Å². The van der Waals surface area contributed by atoms with Crippen LogP contribution in [0, 0.1) is 12.8 Å². The van der Waals surface area contributed by atoms with Crippen LogP contribution in [0.15, 0.2) is 51.1 Å². The highest BCUT2D eigenvalue weighted by Gasteiger charge is 2.36. The highest BCUT2D eigenvalue weighted by Crippen LogP contribution is 2.31. The van der Waals surface area contributed by atoms with Crippen LogP contribution in [0.5, 0.6) is 0 Å². The Morgan fingerprint density at radius 3 is 2.73 bits per heavy atom. The first-order valence-corrected chi connectivity index (χ1v) is 12.3. The lowest BCUT2D eigenvalue weighted by atomic mass is 9.97. The molecule has 0 aliphatic carbocycles. The fraction of sp³-hybridized carbons (Fsp3) is 0.409. The molecule has 1 aliphatic rings. The number of aryl methyl sites for hydroxylation is 1. The molecule has 1 aromatic carbocycles. The van der Waals surface area contributed by atoms with Crippen LogP contribution in [0.25, 0.3) is 11.0 Å². The van der Waals surface area contributed by atoms with Gasteiger partial charge in [0.15, 0.2) is 0 Å². The van der Waals surface area contributed by atoms with Gasteiger partial charge in [-0.15, -0.1) is 11.3 Å². The van der Waals surface area contributed by atoms with Crippen molar-refractivity contribution in [1.29, 1.82) is 0 Å². The molecule has 8 heteroatoms. The molecular weight excluding hydrogens is 420 g/mol. The lowest BCUT2D eigenvalue weighted by Crippen LogP contribution is -2.46. The van der Waals surface area contributed by atoms with Gasteiger partial charge in [-0.05, 0) is 51.0 Å². The van der Waals surface area contributed by atoms with Gasteiger partial charge in [0.2, 0.25) is 5.91 Å². The first kappa shape index (κ1) is 21.1. The Morgan fingerprint density at radius 2 is 2.03 bits per heavy atom. The second kappa shape index (κ2) is 8.17. The van der Waals surface area contributed by atoms with E-state index >= 15 is 0 Å². The maximum absolute atomic E-state index is 13.2. The standard InChI is InChI=1S/C22H26N2O4S2/c1-15-10-11-21(29-15)30(26,27)24-12-6-8-18(14-24)22(25)23(3)16(2)20-13-17-7-4-5-9-19(17)28-20/h4-5,7,9-11,13,16,18H,6,8,12,14H2,1-3H3. The third kappa shape index (κ3) is 3.91. The molecule has 2 aromatic heterocycles. The van der Waals surface area contributed by atoms with Crippen LogP contribution in [0.2, 0.25) is 0 Å². The van der Waals surface area contributed by atoms with Gasteiger partial charge >= 0.3 is 0 Å². The Bertz CT molecular complexity index is 1130. The van der Waals surface area contributed by atoms with Crippen LogP contribution in [0.4, 0.5) is 0 Å². The van der Waals surface area contributed by atoms with Gasteiger partial charge in [-0.3, -0.25) is 4.79 Å². The number of amides is 1. The van der Waals surface area contributed by atoms with E-state index in [0.29, 0.717) is 23.6 Å². The number of benzene rings is 1. The predicted octanol–water partition coefficient (Wildman–Crippen LogP) is 4.42. The smallest absolute Gasteiger partial charge is 0.252 e. The van der Waals surface area contributed by atoms with Gasteiger partial charge < -0.3 is 9.32 Å². The van der Waals surface area contributed by atoms with Gasteiger partial charge in [0.1, 0.15) is 15.6 Å². The van der Waals surface area contributed by atoms with Crippen molar-refractivity contribution in [3.8, 4) is 0 Å². The summed E-state index contributed by atoms with van der Waals surface area (Å²) in [4.78, 5) is 15.8. The molecule has 1 amide bonds. The number of rotatable bonds is 5. The summed E-state index contributed by atoms with van der Waals surface area (Å²) in [6.45, 7) is 4.49. The number of piperidine rings is 1. The second-order valence-electron chi connectivity index (χ2n) is 7.88. The first-order chi connectivity index (χ1) is 14.3. The van der Waals surface area contributed by atoms with E-state index in [0.717, 1.165) is 21.6 Å². The number of thiophene rings is 1. The Hall–Kier alpha value is -2.16. The Morgan fingerprint density at radius 1 is 1.27 bits per heavy atom. The summed E-state index contributed by atoms with van der Waals surface area (Å²) in [6, 6.07) is 12.9. The number of fused-ring (bicyclic) bond motifs is 1. The monoisotopic (exact) mass is 446 g/mol. The summed E-state index contributed by atoms with van der Waals surface area (Å²) < 4.78 is 33.7. The maximum atomic E-state index is 13.2. The highest BCUT2D eigenvalue weighted by atomic mass is 32.2. The van der Waals surface area contributed by atoms with Crippen LogP contribution in [-0.2, 0) is 14.8 Å². The number of hydrogen-bond donors (Lipinski definition) is 0. The third-order valence-electron chi connectivity index (χ3n) is 5.83. The number of furan rings is 1. The van der Waals surface area contributed by atoms with Gasteiger partial charge in [0.25, 0.3) is 10.0 Å². The van der Waals surface area contributed by atoms with E-state index in [1.165, 1.54) is 15.6 Å². The zero-order valence-corrected chi connectivity index (χ0v) is 19.0. The minimum atomic E-state index is -3.56. The quantitative estimate of drug-likeness (QED) is 0.582. The van der Waals surface area contributed by atoms with E-state index < -0.39 is 10.0 Å². The van der Waals surface area contributed by atoms with E-state index in [2.05, 4.69) is 0 Å². The molecule has 3 aromatic rings. The molecule has 2 atom stereocenters. The number of sulfonamides is 1. The van der Waals surface area contributed by atoms with Crippen molar-refractivity contribution in [1.82, 2.24) is 9.21 Å². The molecule has 1 fully saturated rings. The van der Waals surface area contributed by atoms with Crippen LogP contribution in [0.1, 0.15) is 36.4 Å². The minimum Gasteiger partial charge on any atom is -0.459 e. The van der Waals surface area contributed by atoms with Crippen molar-refractivity contribution in [3.63, 3.8) is 0 Å². The van der Waals surface area contributed by atoms with E-state index in [9.17, 15) is 13.2 Å². The molecule has 30 heavy (non-hydrogen) atoms. The van der Waals surface area contributed by atoms with Gasteiger partial charge in [-0.2, -0.15) is 4.31 Å². The molecule has 0 saturated carbocycles. The molecule has 1 aliphatic heterocycles. The molecule has 160 valence electrons. The van der Waals surface area contributed by atoms with Gasteiger partial charge in [-0.25, -0.2) is 8.42 Å². The third-order valence-corrected chi connectivity index (χ3v) is 9.16. The lowest BCUT2D eigenvalue weighted by molar-refractivity contribution is -0.137. The summed E-state index contributed by atoms with van der Waals surface area (Å²) in [7, 11) is -1.80. The average molecular weight is 447 g/mol. The molecule has 0 bridgehead atoms. The van der Waals surface area contributed by atoms with Crippen molar-refractivity contribution < 1.29 is 17.6 Å². The first-order valence-electron chi connectivity index (χ1n) is 10.1. The number of carbonyl (C=O) groups excluding carboxylic acids is 1. The summed E-state index contributed by atoms with van der Waals surface area (Å²) >= 11 is 1.27. The molecule has 1 saturated heterocycles. The number of para-hydroxylation sites is 1. The van der Waals surface area contributed by atoms with Crippen LogP contribution in [0.3, 0.4) is 0 Å². The fourth-order valence-corrected chi connectivity index (χ4v) is 6.88. The minimum absolute atomic E-state index is 0.0507. The summed E-state index contributed by atoms with van der Waals surface area (Å²) in [5, 5.41) is 1.00. The molecular formula is C22H26N2O4S2. The highest BCUT2D eigenvalue weighted by molar-refractivity contribution is 7.91. The largest absolute Gasteiger partial charge is 0.459 e. The fourth-order valence-electron chi connectivity index (χ4n) is 3.92. The normalized spacial score (nSPS) is 19.1. The average Bonchev–Trinajstić information content (AvgIpc) is 3.38. The van der Waals surface area contributed by atoms with Gasteiger partial charge in [-0.1, -0.05) is 18.2 Å². The topological polar surface area (TPSA) is 70.8 Å². The molecule has 4 rings (SSSR count). The summed E-state index contributed by atoms with van der Waals surface area (Å²) in [5.41, 5.74) is 0.793. The maximum Gasteiger partial charge on any atom is 0.252 e. The lowest BCUT2D eigenvalue weighted by Gasteiger charge is -2.34. The van der Waals surface area contributed by atoms with Crippen molar-refractivity contribution in [2.75, 3.05) is 20.1 Å². The van der Waals surface area contributed by atoms with Crippen molar-refractivity contribution in [2.45, 2.75) is 36.9 Å². The van der Waals surface area contributed by atoms with Gasteiger partial charge in [0, 0.05) is 30.4 Å². The van der Waals surface area contributed by atoms with E-state index in [-0.39, 0.29) is 24.4 Å². The van der Waals surface area contributed by atoms with Gasteiger partial charge in [0.05, 0.1) is 12.0 Å². The summed E-state index contributed by atoms with van der Waals surface area (Å²) in [5.74, 6) is 0.318. The molecule has 0 radical (unpaired) electrons. The van der Waals surface area contributed by atoms with Crippen LogP contribution >= 0.6 is 11.3 Å². The molecule has 3 heterocycles. The Balaban J connectivity index is 1.49. The SMILES string of the molecule is Cc1ccc(S(=O)(=O)N2CCCC(C(=O)N(C)C(C)c3cc4ccccc4o3)C2)s1. The molecule has 2 unspecified atom stereocenters. The van der Waals surface area contributed by atoms with Crippen LogP contribution in [-0.4, -0.2) is 43.7 Å². The van der Waals surface area contributed by atoms with Crippen LogP contribution < -0.4 is 0 Å².